The number of carbonyl (C=O) groups excluding carboxylic acids is 1. The lowest BCUT2D eigenvalue weighted by Crippen LogP contribution is -2.20. The number of esters is 1. The van der Waals surface area contributed by atoms with Crippen molar-refractivity contribution in [1.82, 2.24) is 0 Å². The number of hydrogen-bond acceptors (Lipinski definition) is 4. The molecule has 0 aliphatic carbocycles. The summed E-state index contributed by atoms with van der Waals surface area (Å²) in [5, 5.41) is 19.3. The maximum Gasteiger partial charge on any atom is 0.340 e. The minimum Gasteiger partial charge on any atom is -0.465 e. The monoisotopic (exact) mass is 306 g/mol. The van der Waals surface area contributed by atoms with Gasteiger partial charge in [0.25, 0.3) is 0 Å². The highest BCUT2D eigenvalue weighted by Crippen LogP contribution is 2.21. The fraction of sp³-hybridized carbons (Fsp3) is 0.364. The van der Waals surface area contributed by atoms with Crippen molar-refractivity contribution in [2.75, 3.05) is 12.4 Å². The van der Waals surface area contributed by atoms with Crippen molar-refractivity contribution in [2.45, 2.75) is 12.2 Å². The smallest absolute Gasteiger partial charge is 0.340 e. The summed E-state index contributed by atoms with van der Waals surface area (Å²) < 4.78 is 17.7. The van der Waals surface area contributed by atoms with E-state index in [1.807, 2.05) is 0 Å². The standard InChI is InChI=1S/C11H12BrFO4/c1-17-11(16)7-4-6(2-3-8(7)13)10(15)9(14)5-12/h2-4,9-10,14-15H,5H2,1H3. The van der Waals surface area contributed by atoms with E-state index in [4.69, 9.17) is 0 Å². The van der Waals surface area contributed by atoms with Crippen LogP contribution in [0.2, 0.25) is 0 Å². The number of aliphatic hydroxyl groups excluding tert-OH is 2. The van der Waals surface area contributed by atoms with Gasteiger partial charge in [-0.3, -0.25) is 0 Å². The van der Waals surface area contributed by atoms with Crippen LogP contribution in [0, 0.1) is 5.82 Å². The summed E-state index contributed by atoms with van der Waals surface area (Å²) in [6, 6.07) is 3.52. The number of rotatable bonds is 4. The van der Waals surface area contributed by atoms with E-state index in [0.717, 1.165) is 19.2 Å². The predicted octanol–water partition coefficient (Wildman–Crippen LogP) is 1.40. The van der Waals surface area contributed by atoms with E-state index < -0.39 is 24.0 Å². The first-order chi connectivity index (χ1) is 8.01. The van der Waals surface area contributed by atoms with E-state index >= 15 is 0 Å². The quantitative estimate of drug-likeness (QED) is 0.652. The number of carbonyl (C=O) groups is 1. The Morgan fingerprint density at radius 3 is 2.71 bits per heavy atom. The van der Waals surface area contributed by atoms with Gasteiger partial charge in [-0.2, -0.15) is 0 Å². The molecule has 1 rings (SSSR count). The summed E-state index contributed by atoms with van der Waals surface area (Å²) in [7, 11) is 1.14. The molecule has 0 aliphatic heterocycles. The van der Waals surface area contributed by atoms with Crippen LogP contribution in [0.15, 0.2) is 18.2 Å². The second-order valence-corrected chi connectivity index (χ2v) is 4.04. The number of methoxy groups -OCH3 is 1. The van der Waals surface area contributed by atoms with Crippen LogP contribution in [0.3, 0.4) is 0 Å². The zero-order chi connectivity index (χ0) is 13.0. The molecule has 0 saturated heterocycles. The van der Waals surface area contributed by atoms with Crippen LogP contribution in [0.5, 0.6) is 0 Å². The first kappa shape index (κ1) is 14.1. The number of benzene rings is 1. The van der Waals surface area contributed by atoms with E-state index in [9.17, 15) is 19.4 Å². The summed E-state index contributed by atoms with van der Waals surface area (Å²) in [6.45, 7) is 0. The Bertz CT molecular complexity index is 410. The Morgan fingerprint density at radius 2 is 2.18 bits per heavy atom. The minimum atomic E-state index is -1.20. The summed E-state index contributed by atoms with van der Waals surface area (Å²) >= 11 is 3.01. The highest BCUT2D eigenvalue weighted by molar-refractivity contribution is 9.09. The average molecular weight is 307 g/mol. The maximum absolute atomic E-state index is 13.3. The number of ether oxygens (including phenoxy) is 1. The van der Waals surface area contributed by atoms with Crippen LogP contribution < -0.4 is 0 Å². The third-order valence-electron chi connectivity index (χ3n) is 2.26. The number of hydrogen-bond donors (Lipinski definition) is 2. The topological polar surface area (TPSA) is 66.8 Å². The predicted molar refractivity (Wildman–Crippen MR) is 62.5 cm³/mol. The Morgan fingerprint density at radius 1 is 1.53 bits per heavy atom. The molecule has 0 bridgehead atoms. The minimum absolute atomic E-state index is 0.166. The van der Waals surface area contributed by atoms with E-state index in [-0.39, 0.29) is 16.5 Å². The number of alkyl halides is 1. The molecule has 6 heteroatoms. The van der Waals surface area contributed by atoms with Crippen LogP contribution >= 0.6 is 15.9 Å². The molecule has 2 N–H and O–H groups in total. The van der Waals surface area contributed by atoms with Gasteiger partial charge >= 0.3 is 5.97 Å². The Balaban J connectivity index is 3.08. The van der Waals surface area contributed by atoms with Gasteiger partial charge in [-0.05, 0) is 17.7 Å². The summed E-state index contributed by atoms with van der Waals surface area (Å²) in [4.78, 5) is 11.2. The first-order valence-electron chi connectivity index (χ1n) is 4.81. The van der Waals surface area contributed by atoms with E-state index in [0.29, 0.717) is 0 Å². The Hall–Kier alpha value is -0.980. The zero-order valence-corrected chi connectivity index (χ0v) is 10.6. The van der Waals surface area contributed by atoms with Gasteiger partial charge in [0, 0.05) is 5.33 Å². The maximum atomic E-state index is 13.3. The largest absolute Gasteiger partial charge is 0.465 e. The second kappa shape index (κ2) is 6.09. The first-order valence-corrected chi connectivity index (χ1v) is 5.93. The lowest BCUT2D eigenvalue weighted by molar-refractivity contribution is 0.0340. The highest BCUT2D eigenvalue weighted by Gasteiger charge is 2.20. The molecule has 1 aromatic rings. The van der Waals surface area contributed by atoms with Crippen LogP contribution in [0.4, 0.5) is 4.39 Å². The molecule has 0 spiro atoms. The summed E-state index contributed by atoms with van der Waals surface area (Å²) in [5.41, 5.74) is -0.0235. The fourth-order valence-electron chi connectivity index (χ4n) is 1.30. The fourth-order valence-corrected chi connectivity index (χ4v) is 1.65. The van der Waals surface area contributed by atoms with Gasteiger partial charge in [0.05, 0.1) is 18.8 Å². The van der Waals surface area contributed by atoms with E-state index in [1.165, 1.54) is 6.07 Å². The molecule has 17 heavy (non-hydrogen) atoms. The van der Waals surface area contributed by atoms with Gasteiger partial charge in [0.2, 0.25) is 0 Å². The third kappa shape index (κ3) is 3.24. The van der Waals surface area contributed by atoms with Gasteiger partial charge in [-0.15, -0.1) is 0 Å². The number of aliphatic hydroxyl groups is 2. The molecule has 4 nitrogen and oxygen atoms in total. The molecule has 0 saturated carbocycles. The molecule has 0 radical (unpaired) electrons. The van der Waals surface area contributed by atoms with Crippen molar-refractivity contribution in [1.29, 1.82) is 0 Å². The van der Waals surface area contributed by atoms with E-state index in [1.54, 1.807) is 0 Å². The van der Waals surface area contributed by atoms with Crippen molar-refractivity contribution in [3.63, 3.8) is 0 Å². The van der Waals surface area contributed by atoms with Gasteiger partial charge in [-0.25, -0.2) is 9.18 Å². The average Bonchev–Trinajstić information content (AvgIpc) is 2.36. The highest BCUT2D eigenvalue weighted by atomic mass is 79.9. The van der Waals surface area contributed by atoms with Gasteiger partial charge in [-0.1, -0.05) is 22.0 Å². The van der Waals surface area contributed by atoms with Crippen molar-refractivity contribution < 1.29 is 24.1 Å². The molecule has 0 heterocycles. The van der Waals surface area contributed by atoms with Gasteiger partial charge in [0.15, 0.2) is 0 Å². The third-order valence-corrected chi connectivity index (χ3v) is 2.92. The van der Waals surface area contributed by atoms with Crippen LogP contribution in [-0.2, 0) is 4.74 Å². The van der Waals surface area contributed by atoms with Crippen molar-refractivity contribution in [2.24, 2.45) is 0 Å². The van der Waals surface area contributed by atoms with E-state index in [2.05, 4.69) is 20.7 Å². The van der Waals surface area contributed by atoms with Crippen molar-refractivity contribution in [3.8, 4) is 0 Å². The van der Waals surface area contributed by atoms with Gasteiger partial charge in [0.1, 0.15) is 11.9 Å². The zero-order valence-electron chi connectivity index (χ0n) is 9.06. The number of halogens is 2. The second-order valence-electron chi connectivity index (χ2n) is 3.40. The molecular formula is C11H12BrFO4. The van der Waals surface area contributed by atoms with Crippen LogP contribution in [0.25, 0.3) is 0 Å². The lowest BCUT2D eigenvalue weighted by atomic mass is 10.0. The molecule has 2 unspecified atom stereocenters. The normalized spacial score (nSPS) is 14.2. The van der Waals surface area contributed by atoms with Crippen LogP contribution in [0.1, 0.15) is 22.0 Å². The summed E-state index contributed by atoms with van der Waals surface area (Å²) in [5.74, 6) is -1.56. The molecule has 1 aromatic carbocycles. The molecule has 0 fully saturated rings. The Labute approximate surface area is 106 Å². The van der Waals surface area contributed by atoms with Crippen molar-refractivity contribution in [3.05, 3.63) is 35.1 Å². The molecule has 2 atom stereocenters. The van der Waals surface area contributed by atoms with Crippen LogP contribution in [-0.4, -0.2) is 34.7 Å². The molecule has 0 aliphatic rings. The molecule has 0 amide bonds. The molecule has 94 valence electrons. The van der Waals surface area contributed by atoms with Crippen molar-refractivity contribution >= 4 is 21.9 Å². The SMILES string of the molecule is COC(=O)c1cc(C(O)C(O)CBr)ccc1F. The Kier molecular flexibility index (Phi) is 5.04. The lowest BCUT2D eigenvalue weighted by Gasteiger charge is -2.16. The summed E-state index contributed by atoms with van der Waals surface area (Å²) in [6.07, 6.45) is -2.23. The molecule has 0 aromatic heterocycles. The molecular weight excluding hydrogens is 295 g/mol. The van der Waals surface area contributed by atoms with Gasteiger partial charge < -0.3 is 14.9 Å².